The Kier molecular flexibility index (Phi) is 42.0. The van der Waals surface area contributed by atoms with Gasteiger partial charge in [0.15, 0.2) is 24.9 Å². The highest BCUT2D eigenvalue weighted by atomic mass is 35.9. The standard InChI is InChI=1S/C17H24Cl2N3O8P.C17H28N3O16P3.C17H26N3O15P3.C17H25N3O7/c1-9(2)4-5-21(10(3)23)6-11-7-22(17(27)20-15(11)26)16-14(25)13(24)12(30-16)8-29-31(18,19)28;1-9(2)4-5-19(10(3)21)6-11-7-20(17(25)18-15(11)24)16-14(23)13(22)12(34-16)8-33-38(29,30)36-39(31,32)35-37(26,27)28;1-9(2)4-5-19(10(3)21)6-11-7-20(17(25)18-15(11)24)16-14(23)13(22)12(32-16)8-31-38(30)34-36(26,27)33-37(28,29)35-38;1-9(2)4-5-19(10(3)22)6-11-7-20(17(26)18-15(11)25)16-14(24)13(23)12(8-21)27-16/h4,7,12-14,16,24-25H,5-6,8H2,1-3H3,(H,20,26,27);4,7,12-14,16,22-23H,5-6,8H2,1-3H3,(H,29,30)(H,31,32)(H,18,24,25)(H2,26,27,28);4,7,12-14,16,22-23H,5-6,8H2,1-3H3,(H,26,27)(H,28,29)(H,18,24,25);4,7,12-14,16,21,23-24H,5-6,8H2,1-3H3,(H,18,25,26)/t4*12-,13?,14+,16-/m1111/s1. The quantitative estimate of drug-likeness (QED) is 0.0181. The summed E-state index contributed by atoms with van der Waals surface area (Å²) < 4.78 is 139. The topological polar surface area (TPSA) is 834 Å². The Bertz CT molecular complexity index is 5920. The fraction of sp³-hybridized carbons (Fsp3) is 0.588. The van der Waals surface area contributed by atoms with Crippen LogP contribution < -0.4 is 45.0 Å². The van der Waals surface area contributed by atoms with Crippen LogP contribution in [-0.4, -0.2) is 283 Å². The molecule has 5 fully saturated rings. The number of amides is 4. The minimum Gasteiger partial charge on any atom is -0.394 e. The van der Waals surface area contributed by atoms with E-state index in [1.807, 2.05) is 63.7 Å². The molecule has 5 aliphatic heterocycles. The number of hydrogen-bond donors (Lipinski definition) is 19. The van der Waals surface area contributed by atoms with Crippen LogP contribution in [0.1, 0.15) is 130 Å². The molecule has 67 heteroatoms. The number of nitrogens with zero attached hydrogens (tertiary/aromatic N) is 8. The van der Waals surface area contributed by atoms with Gasteiger partial charge in [-0.05, 0) is 77.9 Å². The number of nitrogens with one attached hydrogen (secondary N) is 4. The fourth-order valence-electron chi connectivity index (χ4n) is 12.2. The molecule has 5 aliphatic rings. The summed E-state index contributed by atoms with van der Waals surface area (Å²) >= 11 is 10.6. The van der Waals surface area contributed by atoms with Crippen LogP contribution in [0, 0.1) is 0 Å². The number of phosphoric ester groups is 1. The molecule has 760 valence electrons. The first-order valence-corrected chi connectivity index (χ1v) is 51.6. The van der Waals surface area contributed by atoms with Crippen LogP contribution in [-0.2, 0) is 131 Å². The monoisotopic (exact) mass is 2110 g/mol. The van der Waals surface area contributed by atoms with Crippen LogP contribution in [0.2, 0.25) is 0 Å². The molecule has 9 heterocycles. The SMILES string of the molecule is CC(=O)N(CC=C(C)C)Cc1cn([C@@H]2O[C@H](CO)C(O)[C@@H]2O)c(=O)[nH]c1=O.CC(=O)N(CC=C(C)C)Cc1cn([C@@H]2O[C@H](COP(=O)(Cl)Cl)C(O)[C@@H]2O)c(=O)[nH]c1=O.CC(=O)N(CC=C(C)C)Cc1cn([C@@H]2O[C@H](COP(=O)(O)OP(=O)(O)OP(=O)(O)O)C(O)[C@@H]2O)c(=O)[nH]c1=O.CC(=O)N(CC=C(C)C)Cc1cn([C@@H]2O[C@H](COP3(=O)OP(=O)(O)OP(=O)(O)O3)C(O)[C@@H]2O)c(=O)[nH]c1=O. The summed E-state index contributed by atoms with van der Waals surface area (Å²) in [5.74, 6) is -1.29. The number of phosphoric acid groups is 6. The van der Waals surface area contributed by atoms with Gasteiger partial charge in [0.1, 0.15) is 73.2 Å². The molecule has 135 heavy (non-hydrogen) atoms. The molecule has 5 saturated heterocycles. The fourth-order valence-corrected chi connectivity index (χ4v) is 20.8. The van der Waals surface area contributed by atoms with E-state index in [0.717, 1.165) is 54.6 Å². The number of aliphatic hydroxyl groups excluding tert-OH is 9. The molecule has 8 unspecified atom stereocenters. The first kappa shape index (κ1) is 116. The smallest absolute Gasteiger partial charge is 0.394 e. The van der Waals surface area contributed by atoms with Crippen molar-refractivity contribution in [1.82, 2.24) is 57.8 Å². The van der Waals surface area contributed by atoms with Crippen molar-refractivity contribution < 1.29 is 181 Å². The predicted molar refractivity (Wildman–Crippen MR) is 460 cm³/mol. The van der Waals surface area contributed by atoms with Gasteiger partial charge < -0.3 is 118 Å². The van der Waals surface area contributed by atoms with E-state index in [-0.39, 0.29) is 91.7 Å². The number of halogens is 2. The maximum atomic E-state index is 12.5. The molecule has 20 atom stereocenters. The van der Waals surface area contributed by atoms with E-state index in [9.17, 15) is 155 Å². The summed E-state index contributed by atoms with van der Waals surface area (Å²) in [6.45, 7) is 17.1. The van der Waals surface area contributed by atoms with Crippen molar-refractivity contribution in [3.05, 3.63) is 177 Å². The molecule has 0 bridgehead atoms. The van der Waals surface area contributed by atoms with Gasteiger partial charge in [0.25, 0.3) is 22.2 Å². The van der Waals surface area contributed by atoms with Gasteiger partial charge >= 0.3 is 75.8 Å². The number of carbonyl (C=O) groups excluding carboxylic acids is 4. The summed E-state index contributed by atoms with van der Waals surface area (Å²) in [5, 5.41) is 91.2. The van der Waals surface area contributed by atoms with Crippen LogP contribution in [0.25, 0.3) is 0 Å². The molecule has 19 N–H and O–H groups in total. The lowest BCUT2D eigenvalue weighted by molar-refractivity contribution is -0.129. The Morgan fingerprint density at radius 3 is 0.889 bits per heavy atom. The second-order valence-electron chi connectivity index (χ2n) is 30.9. The summed E-state index contributed by atoms with van der Waals surface area (Å²) in [7, 11) is -32.8. The first-order chi connectivity index (χ1) is 62.1. The summed E-state index contributed by atoms with van der Waals surface area (Å²) in [4.78, 5) is 214. The summed E-state index contributed by atoms with van der Waals surface area (Å²) in [6.07, 6.45) is -17.2. The van der Waals surface area contributed by atoms with Crippen molar-refractivity contribution in [2.75, 3.05) is 52.6 Å². The lowest BCUT2D eigenvalue weighted by Crippen LogP contribution is -2.40. The van der Waals surface area contributed by atoms with Crippen LogP contribution in [0.3, 0.4) is 0 Å². The zero-order valence-corrected chi connectivity index (χ0v) is 80.9. The highest BCUT2D eigenvalue weighted by Crippen LogP contribution is 2.80. The van der Waals surface area contributed by atoms with E-state index in [1.54, 1.807) is 26.0 Å². The minimum absolute atomic E-state index is 0.0521. The summed E-state index contributed by atoms with van der Waals surface area (Å²) in [5.41, 5.74) is -3.02. The van der Waals surface area contributed by atoms with Gasteiger partial charge in [-0.1, -0.05) is 46.6 Å². The van der Waals surface area contributed by atoms with E-state index in [0.29, 0.717) is 11.1 Å². The maximum absolute atomic E-state index is 12.5. The van der Waals surface area contributed by atoms with Crippen LogP contribution >= 0.6 is 75.5 Å². The molecule has 0 aliphatic carbocycles. The number of hydrogen-bond acceptors (Lipinski definition) is 40. The number of carbonyl (C=O) groups is 4. The number of H-pyrrole nitrogens is 4. The van der Waals surface area contributed by atoms with E-state index in [1.165, 1.54) is 53.5 Å². The number of allylic oxidation sites excluding steroid dienone is 4. The summed E-state index contributed by atoms with van der Waals surface area (Å²) in [6, 6.07) is 0. The molecule has 0 aromatic carbocycles. The molecule has 58 nitrogen and oxygen atoms in total. The van der Waals surface area contributed by atoms with Crippen molar-refractivity contribution in [2.45, 2.75) is 207 Å². The number of aromatic nitrogens is 8. The number of aliphatic hydroxyl groups is 9. The van der Waals surface area contributed by atoms with Crippen molar-refractivity contribution >= 4 is 99.1 Å². The second kappa shape index (κ2) is 48.7. The van der Waals surface area contributed by atoms with Gasteiger partial charge in [0.05, 0.1) is 74.9 Å². The molecule has 4 aromatic rings. The molecule has 9 rings (SSSR count). The van der Waals surface area contributed by atoms with Gasteiger partial charge in [-0.3, -0.25) is 90.2 Å². The molecular weight excluding hydrogens is 2010 g/mol. The maximum Gasteiger partial charge on any atom is 0.492 e. The highest BCUT2D eigenvalue weighted by molar-refractivity contribution is 8.05. The highest BCUT2D eigenvalue weighted by Gasteiger charge is 2.56. The molecule has 0 spiro atoms. The van der Waals surface area contributed by atoms with Crippen LogP contribution in [0.15, 0.2) is 110 Å². The van der Waals surface area contributed by atoms with E-state index >= 15 is 0 Å². The zero-order valence-electron chi connectivity index (χ0n) is 73.2. The Hall–Kier alpha value is -7.33. The van der Waals surface area contributed by atoms with Crippen molar-refractivity contribution in [3.8, 4) is 0 Å². The second-order valence-corrected chi connectivity index (χ2v) is 44.6. The zero-order chi connectivity index (χ0) is 102. The van der Waals surface area contributed by atoms with Gasteiger partial charge in [0.2, 0.25) is 23.6 Å². The largest absolute Gasteiger partial charge is 0.492 e. The average molecular weight is 2110 g/mol. The van der Waals surface area contributed by atoms with Crippen LogP contribution in [0.4, 0.5) is 0 Å². The van der Waals surface area contributed by atoms with Crippen molar-refractivity contribution in [2.24, 2.45) is 0 Å². The lowest BCUT2D eigenvalue weighted by Gasteiger charge is -2.27. The van der Waals surface area contributed by atoms with Crippen molar-refractivity contribution in [3.63, 3.8) is 0 Å². The van der Waals surface area contributed by atoms with Crippen molar-refractivity contribution in [1.29, 1.82) is 0 Å². The Balaban J connectivity index is 0.000000279. The Morgan fingerprint density at radius 2 is 0.652 bits per heavy atom. The first-order valence-electron chi connectivity index (χ1n) is 39.1. The normalized spacial score (nSPS) is 27.3. The Morgan fingerprint density at radius 1 is 0.400 bits per heavy atom. The molecule has 0 radical (unpaired) electrons. The van der Waals surface area contributed by atoms with Crippen LogP contribution in [0.5, 0.6) is 0 Å². The number of rotatable bonds is 34. The number of ether oxygens (including phenoxy) is 4. The number of aromatic amines is 4. The molecule has 4 aromatic heterocycles. The molecular formula is C68H103Cl2N12O46P7. The molecule has 0 saturated carbocycles. The average Bonchev–Trinajstić information content (AvgIpc) is 1.16. The van der Waals surface area contributed by atoms with Gasteiger partial charge in [-0.25, -0.2) is 46.6 Å². The third-order valence-electron chi connectivity index (χ3n) is 19.1. The van der Waals surface area contributed by atoms with Gasteiger partial charge in [0, 0.05) is 78.7 Å². The minimum atomic E-state index is -5.80. The van der Waals surface area contributed by atoms with Gasteiger partial charge in [-0.2, -0.15) is 21.6 Å². The third kappa shape index (κ3) is 34.6. The van der Waals surface area contributed by atoms with E-state index in [2.05, 4.69) is 36.0 Å². The van der Waals surface area contributed by atoms with E-state index < -0.39 is 223 Å². The Labute approximate surface area is 771 Å². The molecule has 4 amide bonds. The predicted octanol–water partition coefficient (Wildman–Crippen LogP) is -1.79. The lowest BCUT2D eigenvalue weighted by atomic mass is 10.1. The van der Waals surface area contributed by atoms with Gasteiger partial charge in [-0.15, -0.1) is 0 Å². The third-order valence-corrected chi connectivity index (χ3v) is 29.3. The van der Waals surface area contributed by atoms with E-state index in [4.69, 9.17) is 60.3 Å².